The molecule has 5 nitrogen and oxygen atoms in total. The summed E-state index contributed by atoms with van der Waals surface area (Å²) in [6.45, 7) is 6.12. The van der Waals surface area contributed by atoms with E-state index in [1.54, 1.807) is 0 Å². The van der Waals surface area contributed by atoms with Crippen LogP contribution in [0.15, 0.2) is 0 Å². The van der Waals surface area contributed by atoms with Crippen LogP contribution in [0.3, 0.4) is 0 Å². The van der Waals surface area contributed by atoms with Gasteiger partial charge in [-0.2, -0.15) is 0 Å². The number of hydrogen-bond acceptors (Lipinski definition) is 3. The molecule has 0 spiro atoms. The predicted molar refractivity (Wildman–Crippen MR) is 140 cm³/mol. The molecule has 0 aromatic carbocycles. The largest absolute Gasteiger partial charge is 1.00 e. The summed E-state index contributed by atoms with van der Waals surface area (Å²) in [7, 11) is 4.38. The van der Waals surface area contributed by atoms with E-state index in [4.69, 9.17) is 5.73 Å². The number of carboxylic acids is 1. The van der Waals surface area contributed by atoms with Gasteiger partial charge in [-0.3, -0.25) is 4.79 Å². The average Bonchev–Trinajstić information content (AvgIpc) is 2.67. The molecule has 202 valence electrons. The maximum absolute atomic E-state index is 11.4. The van der Waals surface area contributed by atoms with Crippen LogP contribution in [-0.2, 0) is 9.59 Å². The first kappa shape index (κ1) is 69.7. The Morgan fingerprint density at radius 1 is 0.875 bits per heavy atom. The van der Waals surface area contributed by atoms with Gasteiger partial charge in [0.25, 0.3) is 0 Å². The number of nitrogens with two attached hydrogens (primary N) is 1. The Morgan fingerprint density at radius 3 is 1.53 bits per heavy atom. The van der Waals surface area contributed by atoms with E-state index in [2.05, 4.69) is 21.0 Å². The fourth-order valence-corrected chi connectivity index (χ4v) is 3.85. The van der Waals surface area contributed by atoms with E-state index in [1.807, 2.05) is 6.92 Å². The van der Waals surface area contributed by atoms with Gasteiger partial charge in [-0.25, -0.2) is 0 Å². The summed E-state index contributed by atoms with van der Waals surface area (Å²) in [6.07, 6.45) is 2.57. The number of carbonyl (C=O) groups is 2. The number of primary amides is 1. The number of rotatable bonds is 8. The van der Waals surface area contributed by atoms with E-state index >= 15 is 0 Å². The van der Waals surface area contributed by atoms with Crippen molar-refractivity contribution in [1.82, 2.24) is 0 Å². The number of quaternary nitrogens is 1. The van der Waals surface area contributed by atoms with E-state index in [0.29, 0.717) is 31.1 Å². The van der Waals surface area contributed by atoms with Crippen LogP contribution in [0.25, 0.3) is 0 Å². The summed E-state index contributed by atoms with van der Waals surface area (Å²) in [5, 5.41) is 11.4. The quantitative estimate of drug-likeness (QED) is 0.379. The van der Waals surface area contributed by atoms with Gasteiger partial charge in [-0.1, -0.05) is 80.7 Å². The van der Waals surface area contributed by atoms with Gasteiger partial charge in [-0.15, -0.1) is 0 Å². The van der Waals surface area contributed by atoms with Crippen LogP contribution >= 0.6 is 0 Å². The Labute approximate surface area is 235 Å². The molecule has 1 aliphatic rings. The third kappa shape index (κ3) is 22.0. The molecule has 0 aromatic heterocycles. The normalized spacial score (nSPS) is 17.9. The van der Waals surface area contributed by atoms with E-state index in [-0.39, 0.29) is 115 Å². The minimum absolute atomic E-state index is 0. The van der Waals surface area contributed by atoms with Crippen molar-refractivity contribution in [3.05, 3.63) is 0 Å². The van der Waals surface area contributed by atoms with Gasteiger partial charge >= 0.3 is 29.6 Å². The molecule has 32 heavy (non-hydrogen) atoms. The summed E-state index contributed by atoms with van der Waals surface area (Å²) >= 11 is 0. The number of nitrogens with zero attached hydrogens (tertiary/aromatic N) is 1. The molecule has 4 unspecified atom stereocenters. The Kier molecular flexibility index (Phi) is 68.0. The predicted octanol–water partition coefficient (Wildman–Crippen LogP) is 0.110. The fraction of sp³-hybridized carbons (Fsp3) is 0.920. The Morgan fingerprint density at radius 2 is 1.25 bits per heavy atom. The summed E-state index contributed by atoms with van der Waals surface area (Å²) in [4.78, 5) is 22.8. The molecule has 0 bridgehead atoms. The van der Waals surface area contributed by atoms with Crippen LogP contribution in [0.2, 0.25) is 0 Å². The van der Waals surface area contributed by atoms with Crippen molar-refractivity contribution in [1.29, 1.82) is 0 Å². The van der Waals surface area contributed by atoms with Gasteiger partial charge < -0.3 is 32.5 Å². The van der Waals surface area contributed by atoms with Crippen LogP contribution < -0.4 is 52.8 Å². The van der Waals surface area contributed by atoms with Crippen molar-refractivity contribution in [2.75, 3.05) is 27.2 Å². The number of carboxylic acid groups (broad SMARTS) is 1. The monoisotopic (exact) mass is 500 g/mol. The first-order chi connectivity index (χ1) is 9.70. The molecule has 1 rings (SSSR count). The summed E-state index contributed by atoms with van der Waals surface area (Å²) in [5.74, 6) is -1.44. The SMILES string of the molecule is C.C.C.C.C.C.C.C.C.CCC(CC(CC1C[N+](C)(C)CC1CC)C(=O)[O-])C(N)=O.[Cl-].[Na+]. The third-order valence-electron chi connectivity index (χ3n) is 5.03. The topological polar surface area (TPSA) is 83.2 Å². The Hall–Kier alpha value is 0.190. The molecule has 4 atom stereocenters. The minimum Gasteiger partial charge on any atom is -1.00 e. The molecule has 1 heterocycles. The van der Waals surface area contributed by atoms with Gasteiger partial charge in [-0.05, 0) is 31.6 Å². The Bertz CT molecular complexity index is 397. The molecule has 1 amide bonds. The molecule has 0 aliphatic carbocycles. The third-order valence-corrected chi connectivity index (χ3v) is 5.03. The minimum atomic E-state index is -1.04. The van der Waals surface area contributed by atoms with Crippen molar-refractivity contribution < 1.29 is 61.1 Å². The summed E-state index contributed by atoms with van der Waals surface area (Å²) in [6, 6.07) is 0. The first-order valence-electron chi connectivity index (χ1n) is 8.02. The number of likely N-dealkylation sites (tertiary alicyclic amines) is 1. The van der Waals surface area contributed by atoms with Gasteiger partial charge in [0.15, 0.2) is 0 Å². The number of halogens is 1. The second-order valence-electron chi connectivity index (χ2n) is 7.22. The van der Waals surface area contributed by atoms with Crippen molar-refractivity contribution in [3.8, 4) is 0 Å². The van der Waals surface area contributed by atoms with Crippen LogP contribution in [0.5, 0.6) is 0 Å². The first-order valence-corrected chi connectivity index (χ1v) is 8.02. The van der Waals surface area contributed by atoms with Gasteiger partial charge in [0.1, 0.15) is 0 Å². The van der Waals surface area contributed by atoms with E-state index in [0.717, 1.165) is 24.0 Å². The zero-order chi connectivity index (χ0) is 16.2. The number of carbonyl (C=O) groups excluding carboxylic acids is 2. The van der Waals surface area contributed by atoms with Crippen molar-refractivity contribution in [2.45, 2.75) is 106 Å². The van der Waals surface area contributed by atoms with Crippen molar-refractivity contribution in [3.63, 3.8) is 0 Å². The number of amides is 1. The summed E-state index contributed by atoms with van der Waals surface area (Å²) in [5.41, 5.74) is 5.35. The fourth-order valence-electron chi connectivity index (χ4n) is 3.85. The molecular weight excluding hydrogens is 435 g/mol. The molecular formula is C25H66ClN2NaO3. The molecule has 1 fully saturated rings. The molecule has 0 saturated carbocycles. The number of aliphatic carboxylic acids is 1. The zero-order valence-electron chi connectivity index (χ0n) is 15.2. The average molecular weight is 501 g/mol. The van der Waals surface area contributed by atoms with Crippen LogP contribution in [0.4, 0.5) is 0 Å². The van der Waals surface area contributed by atoms with Crippen LogP contribution in [-0.4, -0.2) is 43.5 Å². The van der Waals surface area contributed by atoms with Gasteiger partial charge in [0.05, 0.1) is 27.2 Å². The molecule has 0 radical (unpaired) electrons. The van der Waals surface area contributed by atoms with Crippen LogP contribution in [0, 0.1) is 23.7 Å². The van der Waals surface area contributed by atoms with E-state index in [1.165, 1.54) is 0 Å². The standard InChI is InChI=1S/C16H30N2O3.9CH4.ClH.Na/c1-5-11(15(17)19)7-13(16(20)21)8-14-10-18(3,4)9-12(14)6-2;;;;;;;;;;;/h11-14H,5-10H2,1-4H3,(H2-,17,19,20,21);9*1H4;1H;/q;;;;;;;;;;;+1/p-1. The van der Waals surface area contributed by atoms with Gasteiger partial charge in [0, 0.05) is 23.7 Å². The second-order valence-corrected chi connectivity index (χ2v) is 7.22. The summed E-state index contributed by atoms with van der Waals surface area (Å²) < 4.78 is 0.940. The molecule has 0 aromatic rings. The number of hydrogen-bond donors (Lipinski definition) is 1. The van der Waals surface area contributed by atoms with Crippen LogP contribution in [0.1, 0.15) is 106 Å². The van der Waals surface area contributed by atoms with E-state index < -0.39 is 17.8 Å². The maximum Gasteiger partial charge on any atom is 1.00 e. The van der Waals surface area contributed by atoms with Crippen molar-refractivity contribution >= 4 is 11.9 Å². The molecule has 1 saturated heterocycles. The van der Waals surface area contributed by atoms with Gasteiger partial charge in [0.2, 0.25) is 5.91 Å². The molecule has 2 N–H and O–H groups in total. The van der Waals surface area contributed by atoms with Crippen molar-refractivity contribution in [2.24, 2.45) is 29.4 Å². The van der Waals surface area contributed by atoms with E-state index in [9.17, 15) is 14.7 Å². The molecule has 1 aliphatic heterocycles. The smallest absolute Gasteiger partial charge is 1.00 e. The Balaban J connectivity index is -0.0000000445. The second kappa shape index (κ2) is 31.2. The maximum atomic E-state index is 11.4. The molecule has 7 heteroatoms. The zero-order valence-corrected chi connectivity index (χ0v) is 17.9.